The highest BCUT2D eigenvalue weighted by Crippen LogP contribution is 2.42. The van der Waals surface area contributed by atoms with Gasteiger partial charge in [0.1, 0.15) is 0 Å². The third kappa shape index (κ3) is 2.48. The molecule has 1 fully saturated rings. The lowest BCUT2D eigenvalue weighted by atomic mass is 10.1. The zero-order chi connectivity index (χ0) is 17.7. The average molecular weight is 341 g/mol. The molecule has 4 aromatic rings. The first-order valence-corrected chi connectivity index (χ1v) is 8.81. The monoisotopic (exact) mass is 341 g/mol. The number of nitrogens with two attached hydrogens (primary N) is 1. The zero-order valence-corrected chi connectivity index (χ0v) is 14.6. The van der Waals surface area contributed by atoms with Gasteiger partial charge in [-0.15, -0.1) is 0 Å². The normalized spacial score (nSPS) is 15.3. The summed E-state index contributed by atoms with van der Waals surface area (Å²) < 4.78 is 1.88. The van der Waals surface area contributed by atoms with E-state index in [0.29, 0.717) is 0 Å². The molecule has 0 amide bonds. The van der Waals surface area contributed by atoms with Crippen molar-refractivity contribution in [3.8, 4) is 17.1 Å². The molecule has 0 saturated heterocycles. The molecular formula is C21H19N5. The minimum Gasteiger partial charge on any atom is -0.320 e. The van der Waals surface area contributed by atoms with Gasteiger partial charge in [-0.1, -0.05) is 24.3 Å². The summed E-state index contributed by atoms with van der Waals surface area (Å²) in [6, 6.07) is 18.3. The molecule has 3 aromatic heterocycles. The second-order valence-electron chi connectivity index (χ2n) is 7.03. The van der Waals surface area contributed by atoms with E-state index >= 15 is 0 Å². The minimum absolute atomic E-state index is 0.229. The van der Waals surface area contributed by atoms with Crippen LogP contribution in [0.3, 0.4) is 0 Å². The van der Waals surface area contributed by atoms with E-state index < -0.39 is 0 Å². The Morgan fingerprint density at radius 3 is 2.65 bits per heavy atom. The molecular weight excluding hydrogens is 322 g/mol. The molecule has 0 atom stereocenters. The van der Waals surface area contributed by atoms with Crippen molar-refractivity contribution in [2.75, 3.05) is 0 Å². The number of hydrogen-bond donors (Lipinski definition) is 1. The molecule has 0 bridgehead atoms. The molecule has 5 nitrogen and oxygen atoms in total. The molecule has 1 aromatic carbocycles. The van der Waals surface area contributed by atoms with Gasteiger partial charge in [0, 0.05) is 16.6 Å². The van der Waals surface area contributed by atoms with Crippen molar-refractivity contribution < 1.29 is 0 Å². The van der Waals surface area contributed by atoms with Gasteiger partial charge in [0.2, 0.25) is 0 Å². The van der Waals surface area contributed by atoms with Crippen molar-refractivity contribution in [3.05, 3.63) is 72.2 Å². The molecule has 0 aliphatic heterocycles. The van der Waals surface area contributed by atoms with E-state index in [1.807, 2.05) is 54.2 Å². The molecule has 0 radical (unpaired) electrons. The number of pyridine rings is 2. The van der Waals surface area contributed by atoms with Crippen molar-refractivity contribution in [3.63, 3.8) is 0 Å². The highest BCUT2D eigenvalue weighted by molar-refractivity contribution is 5.84. The number of fused-ring (bicyclic) bond motifs is 1. The molecule has 2 N–H and O–H groups in total. The Kier molecular flexibility index (Phi) is 3.21. The van der Waals surface area contributed by atoms with Crippen molar-refractivity contribution in [2.24, 2.45) is 5.73 Å². The van der Waals surface area contributed by atoms with Gasteiger partial charge in [-0.05, 0) is 50.1 Å². The largest absolute Gasteiger partial charge is 0.320 e. The number of nitrogens with zero attached hydrogens (tertiary/aromatic N) is 4. The van der Waals surface area contributed by atoms with E-state index in [1.54, 1.807) is 0 Å². The summed E-state index contributed by atoms with van der Waals surface area (Å²) in [5, 5.41) is 5.60. The second-order valence-corrected chi connectivity index (χ2v) is 7.03. The first-order chi connectivity index (χ1) is 12.6. The predicted octanol–water partition coefficient (Wildman–Crippen LogP) is 3.74. The molecule has 1 aliphatic carbocycles. The van der Waals surface area contributed by atoms with Crippen molar-refractivity contribution in [2.45, 2.75) is 25.3 Å². The van der Waals surface area contributed by atoms with Crippen LogP contribution in [0.4, 0.5) is 0 Å². The van der Waals surface area contributed by atoms with Crippen LogP contribution in [0.15, 0.2) is 60.8 Å². The molecule has 1 saturated carbocycles. The number of aryl methyl sites for hydroxylation is 1. The van der Waals surface area contributed by atoms with Crippen molar-refractivity contribution >= 4 is 10.9 Å². The van der Waals surface area contributed by atoms with E-state index in [0.717, 1.165) is 52.2 Å². The molecule has 5 rings (SSSR count). The Hall–Kier alpha value is -3.05. The summed E-state index contributed by atoms with van der Waals surface area (Å²) in [4.78, 5) is 9.41. The van der Waals surface area contributed by atoms with E-state index in [2.05, 4.69) is 28.3 Å². The Labute approximate surface area is 151 Å². The zero-order valence-electron chi connectivity index (χ0n) is 14.6. The Morgan fingerprint density at radius 1 is 1.00 bits per heavy atom. The van der Waals surface area contributed by atoms with Gasteiger partial charge in [0.25, 0.3) is 0 Å². The summed E-state index contributed by atoms with van der Waals surface area (Å²) in [6.45, 7) is 1.98. The first-order valence-electron chi connectivity index (χ1n) is 8.81. The van der Waals surface area contributed by atoms with Gasteiger partial charge in [-0.25, -0.2) is 9.67 Å². The second kappa shape index (κ2) is 5.47. The maximum absolute atomic E-state index is 6.32. The summed E-state index contributed by atoms with van der Waals surface area (Å²) in [5.74, 6) is 0.817. The summed E-state index contributed by atoms with van der Waals surface area (Å²) >= 11 is 0. The molecule has 26 heavy (non-hydrogen) atoms. The minimum atomic E-state index is -0.229. The maximum atomic E-state index is 6.32. The summed E-state index contributed by atoms with van der Waals surface area (Å²) in [5.41, 5.74) is 11.0. The molecule has 5 heteroatoms. The van der Waals surface area contributed by atoms with E-state index in [4.69, 9.17) is 10.7 Å². The van der Waals surface area contributed by atoms with Crippen molar-refractivity contribution in [1.82, 2.24) is 19.7 Å². The summed E-state index contributed by atoms with van der Waals surface area (Å²) in [7, 11) is 0. The first kappa shape index (κ1) is 15.2. The molecule has 0 spiro atoms. The van der Waals surface area contributed by atoms with Crippen LogP contribution in [-0.2, 0) is 5.54 Å². The van der Waals surface area contributed by atoms with Crippen LogP contribution < -0.4 is 5.73 Å². The van der Waals surface area contributed by atoms with Crippen LogP contribution in [0.1, 0.15) is 24.2 Å². The lowest BCUT2D eigenvalue weighted by Crippen LogP contribution is -2.20. The quantitative estimate of drug-likeness (QED) is 0.616. The predicted molar refractivity (Wildman–Crippen MR) is 102 cm³/mol. The molecule has 0 unspecified atom stereocenters. The Balaban J connectivity index is 1.63. The lowest BCUT2D eigenvalue weighted by molar-refractivity contribution is 0.709. The fraction of sp³-hybridized carbons (Fsp3) is 0.190. The highest BCUT2D eigenvalue weighted by Gasteiger charge is 2.41. The third-order valence-corrected chi connectivity index (χ3v) is 5.01. The van der Waals surface area contributed by atoms with Crippen LogP contribution in [0.2, 0.25) is 0 Å². The Morgan fingerprint density at radius 2 is 1.85 bits per heavy atom. The fourth-order valence-electron chi connectivity index (χ4n) is 3.27. The number of benzene rings is 1. The van der Waals surface area contributed by atoms with Gasteiger partial charge in [0.15, 0.2) is 5.82 Å². The van der Waals surface area contributed by atoms with Gasteiger partial charge in [-0.2, -0.15) is 5.10 Å². The third-order valence-electron chi connectivity index (χ3n) is 5.01. The van der Waals surface area contributed by atoms with E-state index in [9.17, 15) is 0 Å². The number of hydrogen-bond acceptors (Lipinski definition) is 4. The van der Waals surface area contributed by atoms with Gasteiger partial charge >= 0.3 is 0 Å². The van der Waals surface area contributed by atoms with Gasteiger partial charge in [0.05, 0.1) is 28.6 Å². The number of aromatic nitrogens is 4. The average Bonchev–Trinajstić information content (AvgIpc) is 3.28. The highest BCUT2D eigenvalue weighted by atomic mass is 15.3. The van der Waals surface area contributed by atoms with E-state index in [1.165, 1.54) is 0 Å². The summed E-state index contributed by atoms with van der Waals surface area (Å²) in [6.07, 6.45) is 3.88. The standard InChI is InChI=1S/C21H19N5/c1-14-4-2-7-20(24-14)26-18-12-15(8-9-16(18)13-23-26)17-5-3-6-19(25-17)21(22)10-11-21/h2-9,12-13H,10-11,22H2,1H3. The Bertz CT molecular complexity index is 1120. The van der Waals surface area contributed by atoms with E-state index in [-0.39, 0.29) is 5.54 Å². The molecule has 3 heterocycles. The van der Waals surface area contributed by atoms with Crippen LogP contribution in [-0.4, -0.2) is 19.7 Å². The van der Waals surface area contributed by atoms with Crippen LogP contribution >= 0.6 is 0 Å². The van der Waals surface area contributed by atoms with Crippen molar-refractivity contribution in [1.29, 1.82) is 0 Å². The maximum Gasteiger partial charge on any atom is 0.154 e. The lowest BCUT2D eigenvalue weighted by Gasteiger charge is -2.10. The van der Waals surface area contributed by atoms with Crippen LogP contribution in [0.5, 0.6) is 0 Å². The van der Waals surface area contributed by atoms with Gasteiger partial charge < -0.3 is 5.73 Å². The SMILES string of the molecule is Cc1cccc(-n2ncc3ccc(-c4cccc(C5(N)CC5)n4)cc32)n1. The topological polar surface area (TPSA) is 69.6 Å². The molecule has 128 valence electrons. The van der Waals surface area contributed by atoms with Gasteiger partial charge in [-0.3, -0.25) is 4.98 Å². The smallest absolute Gasteiger partial charge is 0.154 e. The van der Waals surface area contributed by atoms with Crippen LogP contribution in [0, 0.1) is 6.92 Å². The number of rotatable bonds is 3. The van der Waals surface area contributed by atoms with Crippen LogP contribution in [0.25, 0.3) is 28.0 Å². The fourth-order valence-corrected chi connectivity index (χ4v) is 3.27. The molecule has 1 aliphatic rings.